The van der Waals surface area contributed by atoms with Crippen LogP contribution in [0.25, 0.3) is 10.6 Å². The molecule has 0 saturated heterocycles. The number of esters is 1. The van der Waals surface area contributed by atoms with Crippen molar-refractivity contribution in [2.75, 3.05) is 18.2 Å². The molecule has 3 aromatic rings. The lowest BCUT2D eigenvalue weighted by atomic mass is 10.0. The molecule has 7 nitrogen and oxygen atoms in total. The van der Waals surface area contributed by atoms with Gasteiger partial charge in [-0.1, -0.05) is 19.9 Å². The standard InChI is InChI=1S/C22H22N4O3S2/c1-12(2)10-15(22(28)29-3)26-21-13(11-23)18(24)20(31-21)19(27)17-8-7-16(30-17)14-6-4-5-9-25-14/h4-9,12,15,26H,10,24H2,1-3H3. The number of nitriles is 1. The summed E-state index contributed by atoms with van der Waals surface area (Å²) in [6.07, 6.45) is 2.21. The average molecular weight is 455 g/mol. The van der Waals surface area contributed by atoms with Gasteiger partial charge in [-0.15, -0.1) is 22.7 Å². The number of pyridine rings is 1. The number of thiophene rings is 2. The molecule has 0 aliphatic heterocycles. The van der Waals surface area contributed by atoms with Crippen LogP contribution in [0.2, 0.25) is 0 Å². The third kappa shape index (κ3) is 4.93. The van der Waals surface area contributed by atoms with E-state index in [9.17, 15) is 14.9 Å². The maximum absolute atomic E-state index is 13.1. The number of hydrogen-bond donors (Lipinski definition) is 2. The number of hydrogen-bond acceptors (Lipinski definition) is 9. The van der Waals surface area contributed by atoms with E-state index in [4.69, 9.17) is 10.5 Å². The molecule has 0 aliphatic rings. The van der Waals surface area contributed by atoms with Gasteiger partial charge in [-0.3, -0.25) is 9.78 Å². The van der Waals surface area contributed by atoms with Crippen LogP contribution in [0.5, 0.6) is 0 Å². The van der Waals surface area contributed by atoms with Crippen LogP contribution in [0.1, 0.15) is 40.4 Å². The Bertz CT molecular complexity index is 1130. The molecule has 1 atom stereocenters. The van der Waals surface area contributed by atoms with E-state index in [1.54, 1.807) is 12.3 Å². The SMILES string of the molecule is COC(=O)C(CC(C)C)Nc1sc(C(=O)c2ccc(-c3ccccn3)s2)c(N)c1C#N. The number of nitrogens with zero attached hydrogens (tertiary/aromatic N) is 2. The van der Waals surface area contributed by atoms with Crippen molar-refractivity contribution in [3.05, 3.63) is 51.8 Å². The fraction of sp³-hybridized carbons (Fsp3) is 0.273. The van der Waals surface area contributed by atoms with Crippen molar-refractivity contribution < 1.29 is 14.3 Å². The molecule has 3 heterocycles. The van der Waals surface area contributed by atoms with Gasteiger partial charge in [0.05, 0.1) is 28.2 Å². The van der Waals surface area contributed by atoms with E-state index >= 15 is 0 Å². The Kier molecular flexibility index (Phi) is 7.05. The molecule has 0 fully saturated rings. The Hall–Kier alpha value is -3.22. The molecular weight excluding hydrogens is 432 g/mol. The number of ether oxygens (including phenoxy) is 1. The summed E-state index contributed by atoms with van der Waals surface area (Å²) in [6.45, 7) is 3.97. The highest BCUT2D eigenvalue weighted by Gasteiger charge is 2.27. The second-order valence-electron chi connectivity index (χ2n) is 7.22. The smallest absolute Gasteiger partial charge is 0.328 e. The molecule has 3 aromatic heterocycles. The lowest BCUT2D eigenvalue weighted by Crippen LogP contribution is -2.32. The van der Waals surface area contributed by atoms with Gasteiger partial charge in [0.15, 0.2) is 0 Å². The normalized spacial score (nSPS) is 11.7. The fourth-order valence-electron chi connectivity index (χ4n) is 3.03. The Morgan fingerprint density at radius 1 is 1.26 bits per heavy atom. The minimum absolute atomic E-state index is 0.112. The third-order valence-corrected chi connectivity index (χ3v) is 6.75. The Labute approximate surface area is 188 Å². The van der Waals surface area contributed by atoms with E-state index in [0.29, 0.717) is 16.3 Å². The fourth-order valence-corrected chi connectivity index (χ4v) is 5.10. The predicted molar refractivity (Wildman–Crippen MR) is 123 cm³/mol. The van der Waals surface area contributed by atoms with Crippen molar-refractivity contribution in [1.82, 2.24) is 4.98 Å². The van der Waals surface area contributed by atoms with Crippen LogP contribution >= 0.6 is 22.7 Å². The summed E-state index contributed by atoms with van der Waals surface area (Å²) in [4.78, 5) is 31.2. The van der Waals surface area contributed by atoms with Crippen LogP contribution in [0.3, 0.4) is 0 Å². The van der Waals surface area contributed by atoms with E-state index in [1.807, 2.05) is 44.2 Å². The molecule has 0 radical (unpaired) electrons. The van der Waals surface area contributed by atoms with Gasteiger partial charge < -0.3 is 15.8 Å². The number of carbonyl (C=O) groups is 2. The van der Waals surface area contributed by atoms with E-state index in [2.05, 4.69) is 10.3 Å². The monoisotopic (exact) mass is 454 g/mol. The van der Waals surface area contributed by atoms with Gasteiger partial charge in [0.25, 0.3) is 0 Å². The summed E-state index contributed by atoms with van der Waals surface area (Å²) in [5.41, 5.74) is 7.21. The molecule has 9 heteroatoms. The van der Waals surface area contributed by atoms with Gasteiger partial charge in [0.2, 0.25) is 5.78 Å². The number of aromatic nitrogens is 1. The first-order valence-corrected chi connectivity index (χ1v) is 11.2. The molecule has 3 N–H and O–H groups in total. The van der Waals surface area contributed by atoms with Crippen LogP contribution in [-0.4, -0.2) is 29.9 Å². The summed E-state index contributed by atoms with van der Waals surface area (Å²) < 4.78 is 4.88. The highest BCUT2D eigenvalue weighted by molar-refractivity contribution is 7.21. The topological polar surface area (TPSA) is 118 Å². The average Bonchev–Trinajstić information content (AvgIpc) is 3.37. The molecule has 31 heavy (non-hydrogen) atoms. The van der Waals surface area contributed by atoms with E-state index < -0.39 is 12.0 Å². The summed E-state index contributed by atoms with van der Waals surface area (Å²) in [5.74, 6) is -0.481. The van der Waals surface area contributed by atoms with E-state index in [0.717, 1.165) is 21.9 Å². The highest BCUT2D eigenvalue weighted by Crippen LogP contribution is 2.39. The van der Waals surface area contributed by atoms with Gasteiger partial charge in [0, 0.05) is 6.20 Å². The first-order chi connectivity index (χ1) is 14.8. The van der Waals surface area contributed by atoms with Gasteiger partial charge >= 0.3 is 5.97 Å². The third-order valence-electron chi connectivity index (χ3n) is 4.51. The van der Waals surface area contributed by atoms with Crippen molar-refractivity contribution in [3.8, 4) is 16.6 Å². The zero-order valence-corrected chi connectivity index (χ0v) is 19.0. The Balaban J connectivity index is 1.92. The van der Waals surface area contributed by atoms with Crippen LogP contribution in [0.4, 0.5) is 10.7 Å². The second-order valence-corrected chi connectivity index (χ2v) is 9.32. The van der Waals surface area contributed by atoms with Crippen molar-refractivity contribution in [2.24, 2.45) is 5.92 Å². The lowest BCUT2D eigenvalue weighted by molar-refractivity contribution is -0.141. The van der Waals surface area contributed by atoms with Crippen LogP contribution in [0, 0.1) is 17.2 Å². The minimum atomic E-state index is -0.643. The lowest BCUT2D eigenvalue weighted by Gasteiger charge is -2.18. The number of nitrogen functional groups attached to an aromatic ring is 1. The number of ketones is 1. The van der Waals surface area contributed by atoms with Gasteiger partial charge in [0.1, 0.15) is 27.6 Å². The summed E-state index contributed by atoms with van der Waals surface area (Å²) >= 11 is 2.39. The summed E-state index contributed by atoms with van der Waals surface area (Å²) in [5, 5.41) is 13.1. The van der Waals surface area contributed by atoms with Crippen molar-refractivity contribution in [1.29, 1.82) is 5.26 Å². The molecule has 0 aromatic carbocycles. The van der Waals surface area contributed by atoms with Crippen LogP contribution < -0.4 is 11.1 Å². The highest BCUT2D eigenvalue weighted by atomic mass is 32.1. The van der Waals surface area contributed by atoms with Gasteiger partial charge in [-0.25, -0.2) is 4.79 Å². The first-order valence-electron chi connectivity index (χ1n) is 9.58. The molecule has 0 bridgehead atoms. The maximum atomic E-state index is 13.1. The Morgan fingerprint density at radius 3 is 2.65 bits per heavy atom. The van der Waals surface area contributed by atoms with E-state index in [1.165, 1.54) is 18.4 Å². The summed E-state index contributed by atoms with van der Waals surface area (Å²) in [7, 11) is 1.32. The Morgan fingerprint density at radius 2 is 2.03 bits per heavy atom. The van der Waals surface area contributed by atoms with Crippen LogP contribution in [0.15, 0.2) is 36.5 Å². The molecule has 160 valence electrons. The number of nitrogens with two attached hydrogens (primary N) is 1. The van der Waals surface area contributed by atoms with Crippen molar-refractivity contribution >= 4 is 45.1 Å². The number of carbonyl (C=O) groups excluding carboxylic acids is 2. The second kappa shape index (κ2) is 9.73. The quantitative estimate of drug-likeness (QED) is 0.378. The molecule has 0 aliphatic carbocycles. The summed E-state index contributed by atoms with van der Waals surface area (Å²) in [6, 6.07) is 10.6. The molecule has 0 spiro atoms. The number of nitrogens with one attached hydrogen (secondary N) is 1. The van der Waals surface area contributed by atoms with Crippen LogP contribution in [-0.2, 0) is 9.53 Å². The van der Waals surface area contributed by atoms with Gasteiger partial charge in [-0.2, -0.15) is 5.26 Å². The number of rotatable bonds is 8. The molecule has 1 unspecified atom stereocenters. The minimum Gasteiger partial charge on any atom is -0.467 e. The number of methoxy groups -OCH3 is 1. The predicted octanol–water partition coefficient (Wildman–Crippen LogP) is 4.56. The van der Waals surface area contributed by atoms with E-state index in [-0.39, 0.29) is 27.8 Å². The molecule has 0 amide bonds. The zero-order chi connectivity index (χ0) is 22.5. The maximum Gasteiger partial charge on any atom is 0.328 e. The molecule has 3 rings (SSSR count). The molecule has 0 saturated carbocycles. The largest absolute Gasteiger partial charge is 0.467 e. The van der Waals surface area contributed by atoms with Crippen molar-refractivity contribution in [2.45, 2.75) is 26.3 Å². The zero-order valence-electron chi connectivity index (χ0n) is 17.3. The number of anilines is 2. The van der Waals surface area contributed by atoms with Crippen molar-refractivity contribution in [3.63, 3.8) is 0 Å². The first kappa shape index (κ1) is 22.5. The molecular formula is C22H22N4O3S2. The van der Waals surface area contributed by atoms with Gasteiger partial charge in [-0.05, 0) is 36.6 Å².